The van der Waals surface area contributed by atoms with Crippen LogP contribution in [-0.2, 0) is 6.54 Å². The van der Waals surface area contributed by atoms with Gasteiger partial charge in [-0.3, -0.25) is 14.9 Å². The molecule has 22 heavy (non-hydrogen) atoms. The van der Waals surface area contributed by atoms with Crippen molar-refractivity contribution < 1.29 is 4.74 Å². The molecule has 1 atom stereocenters. The average molecular weight is 298 g/mol. The van der Waals surface area contributed by atoms with E-state index in [2.05, 4.69) is 39.5 Å². The van der Waals surface area contributed by atoms with E-state index < -0.39 is 0 Å². The first-order chi connectivity index (χ1) is 10.8. The Bertz CT molecular complexity index is 547. The van der Waals surface area contributed by atoms with Crippen LogP contribution in [0.2, 0.25) is 0 Å². The Morgan fingerprint density at radius 3 is 2.82 bits per heavy atom. The zero-order chi connectivity index (χ0) is 15.6. The lowest BCUT2D eigenvalue weighted by atomic mass is 10.1. The molecule has 5 heteroatoms. The van der Waals surface area contributed by atoms with E-state index >= 15 is 0 Å². The second-order valence-corrected chi connectivity index (χ2v) is 5.21. The van der Waals surface area contributed by atoms with E-state index in [0.29, 0.717) is 5.88 Å². The fourth-order valence-electron chi connectivity index (χ4n) is 2.22. The Kier molecular flexibility index (Phi) is 6.51. The molecule has 2 aromatic heterocycles. The van der Waals surface area contributed by atoms with Crippen LogP contribution in [0.3, 0.4) is 0 Å². The Labute approximate surface area is 131 Å². The van der Waals surface area contributed by atoms with Gasteiger partial charge in [-0.15, -0.1) is 6.58 Å². The Balaban J connectivity index is 1.92. The van der Waals surface area contributed by atoms with Crippen molar-refractivity contribution in [1.82, 2.24) is 19.9 Å². The van der Waals surface area contributed by atoms with Gasteiger partial charge in [-0.1, -0.05) is 12.1 Å². The van der Waals surface area contributed by atoms with Crippen molar-refractivity contribution in [2.45, 2.75) is 25.5 Å². The number of pyridine rings is 1. The molecule has 0 aliphatic rings. The van der Waals surface area contributed by atoms with Gasteiger partial charge in [-0.05, 0) is 31.5 Å². The minimum absolute atomic E-state index is 0.0522. The second kappa shape index (κ2) is 8.89. The molecule has 2 aromatic rings. The van der Waals surface area contributed by atoms with Crippen LogP contribution in [0.25, 0.3) is 0 Å². The lowest BCUT2D eigenvalue weighted by Gasteiger charge is -2.24. The molecule has 0 radical (unpaired) electrons. The van der Waals surface area contributed by atoms with E-state index in [4.69, 9.17) is 4.74 Å². The maximum atomic E-state index is 5.95. The second-order valence-electron chi connectivity index (χ2n) is 5.21. The van der Waals surface area contributed by atoms with Crippen molar-refractivity contribution in [2.24, 2.45) is 0 Å². The molecular weight excluding hydrogens is 276 g/mol. The Morgan fingerprint density at radius 2 is 2.14 bits per heavy atom. The summed E-state index contributed by atoms with van der Waals surface area (Å²) in [6.45, 7) is 5.42. The molecule has 2 heterocycles. The van der Waals surface area contributed by atoms with Crippen LogP contribution in [0.4, 0.5) is 0 Å². The monoisotopic (exact) mass is 298 g/mol. The molecule has 2 rings (SSSR count). The molecule has 0 N–H and O–H groups in total. The number of ether oxygens (including phenoxy) is 1. The molecule has 0 saturated heterocycles. The van der Waals surface area contributed by atoms with Crippen LogP contribution in [0.1, 0.15) is 18.4 Å². The van der Waals surface area contributed by atoms with Gasteiger partial charge in [0.2, 0.25) is 5.88 Å². The SMILES string of the molecule is C=CCC[C@H](CN(C)Cc1cccnc1)Oc1cnccn1. The third-order valence-corrected chi connectivity index (χ3v) is 3.21. The van der Waals surface area contributed by atoms with Gasteiger partial charge < -0.3 is 4.74 Å². The minimum atomic E-state index is 0.0522. The molecule has 0 bridgehead atoms. The first kappa shape index (κ1) is 16.1. The number of aromatic nitrogens is 3. The van der Waals surface area contributed by atoms with Crippen LogP contribution in [0.5, 0.6) is 5.88 Å². The predicted molar refractivity (Wildman–Crippen MR) is 86.5 cm³/mol. The highest BCUT2D eigenvalue weighted by atomic mass is 16.5. The quantitative estimate of drug-likeness (QED) is 0.666. The van der Waals surface area contributed by atoms with Crippen molar-refractivity contribution >= 4 is 0 Å². The van der Waals surface area contributed by atoms with E-state index in [1.54, 1.807) is 24.8 Å². The van der Waals surface area contributed by atoms with Gasteiger partial charge in [0.1, 0.15) is 6.10 Å². The predicted octanol–water partition coefficient (Wildman–Crippen LogP) is 2.72. The molecule has 0 aliphatic heterocycles. The van der Waals surface area contributed by atoms with E-state index in [-0.39, 0.29) is 6.10 Å². The summed E-state index contributed by atoms with van der Waals surface area (Å²) in [6, 6.07) is 4.03. The summed E-state index contributed by atoms with van der Waals surface area (Å²) in [5.41, 5.74) is 1.19. The largest absolute Gasteiger partial charge is 0.472 e. The van der Waals surface area contributed by atoms with Crippen LogP contribution < -0.4 is 4.74 Å². The van der Waals surface area contributed by atoms with Gasteiger partial charge in [-0.2, -0.15) is 0 Å². The number of nitrogens with zero attached hydrogens (tertiary/aromatic N) is 4. The maximum Gasteiger partial charge on any atom is 0.232 e. The third-order valence-electron chi connectivity index (χ3n) is 3.21. The zero-order valence-corrected chi connectivity index (χ0v) is 12.9. The molecule has 5 nitrogen and oxygen atoms in total. The van der Waals surface area contributed by atoms with Crippen molar-refractivity contribution in [1.29, 1.82) is 0 Å². The molecule has 0 saturated carbocycles. The lowest BCUT2D eigenvalue weighted by molar-refractivity contribution is 0.131. The molecule has 0 unspecified atom stereocenters. The van der Waals surface area contributed by atoms with Gasteiger partial charge in [-0.25, -0.2) is 4.98 Å². The minimum Gasteiger partial charge on any atom is -0.472 e. The average Bonchev–Trinajstić information content (AvgIpc) is 2.54. The normalized spacial score (nSPS) is 12.1. The summed E-state index contributed by atoms with van der Waals surface area (Å²) in [6.07, 6.45) is 12.4. The number of hydrogen-bond donors (Lipinski definition) is 0. The van der Waals surface area contributed by atoms with E-state index in [1.165, 1.54) is 5.56 Å². The van der Waals surface area contributed by atoms with E-state index in [1.807, 2.05) is 18.3 Å². The Hall–Kier alpha value is -2.27. The van der Waals surface area contributed by atoms with Gasteiger partial charge in [0.15, 0.2) is 0 Å². The molecule has 0 aromatic carbocycles. The van der Waals surface area contributed by atoms with E-state index in [9.17, 15) is 0 Å². The maximum absolute atomic E-state index is 5.95. The number of rotatable bonds is 9. The summed E-state index contributed by atoms with van der Waals surface area (Å²) in [5, 5.41) is 0. The fraction of sp³-hybridized carbons (Fsp3) is 0.353. The summed E-state index contributed by atoms with van der Waals surface area (Å²) in [7, 11) is 2.08. The summed E-state index contributed by atoms with van der Waals surface area (Å²) >= 11 is 0. The van der Waals surface area contributed by atoms with Gasteiger partial charge in [0.25, 0.3) is 0 Å². The molecule has 0 amide bonds. The smallest absolute Gasteiger partial charge is 0.232 e. The van der Waals surface area contributed by atoms with Crippen LogP contribution in [0.15, 0.2) is 55.8 Å². The first-order valence-electron chi connectivity index (χ1n) is 7.39. The number of allylic oxidation sites excluding steroid dienone is 1. The Morgan fingerprint density at radius 1 is 1.27 bits per heavy atom. The van der Waals surface area contributed by atoms with E-state index in [0.717, 1.165) is 25.9 Å². The van der Waals surface area contributed by atoms with Crippen LogP contribution in [-0.4, -0.2) is 39.5 Å². The zero-order valence-electron chi connectivity index (χ0n) is 12.9. The highest BCUT2D eigenvalue weighted by molar-refractivity contribution is 5.08. The van der Waals surface area contributed by atoms with Crippen molar-refractivity contribution in [2.75, 3.05) is 13.6 Å². The molecule has 0 aliphatic carbocycles. The van der Waals surface area contributed by atoms with Crippen molar-refractivity contribution in [3.8, 4) is 5.88 Å². The third kappa shape index (κ3) is 5.61. The van der Waals surface area contributed by atoms with Crippen molar-refractivity contribution in [3.63, 3.8) is 0 Å². The first-order valence-corrected chi connectivity index (χ1v) is 7.39. The highest BCUT2D eigenvalue weighted by Gasteiger charge is 2.14. The summed E-state index contributed by atoms with van der Waals surface area (Å²) in [5.74, 6) is 0.561. The summed E-state index contributed by atoms with van der Waals surface area (Å²) < 4.78 is 5.95. The van der Waals surface area contributed by atoms with Crippen molar-refractivity contribution in [3.05, 3.63) is 61.3 Å². The topological polar surface area (TPSA) is 51.1 Å². The highest BCUT2D eigenvalue weighted by Crippen LogP contribution is 2.12. The molecule has 0 fully saturated rings. The molecular formula is C17H22N4O. The lowest BCUT2D eigenvalue weighted by Crippen LogP contribution is -2.33. The summed E-state index contributed by atoms with van der Waals surface area (Å²) in [4.78, 5) is 14.6. The van der Waals surface area contributed by atoms with Crippen LogP contribution >= 0.6 is 0 Å². The number of hydrogen-bond acceptors (Lipinski definition) is 5. The number of likely N-dealkylation sites (N-methyl/N-ethyl adjacent to an activating group) is 1. The van der Waals surface area contributed by atoms with Gasteiger partial charge in [0.05, 0.1) is 6.20 Å². The molecule has 116 valence electrons. The fourth-order valence-corrected chi connectivity index (χ4v) is 2.22. The van der Waals surface area contributed by atoms with Crippen LogP contribution in [0, 0.1) is 0 Å². The van der Waals surface area contributed by atoms with Gasteiger partial charge in [0, 0.05) is 37.9 Å². The van der Waals surface area contributed by atoms with Gasteiger partial charge >= 0.3 is 0 Å². The molecule has 0 spiro atoms. The standard InChI is InChI=1S/C17H22N4O/c1-3-4-7-16(22-17-12-19-9-10-20-17)14-21(2)13-15-6-5-8-18-11-15/h3,5-6,8-12,16H,1,4,7,13-14H2,2H3/t16-/m1/s1.